The average molecular weight is 357 g/mol. The zero-order valence-electron chi connectivity index (χ0n) is 14.1. The van der Waals surface area contributed by atoms with Crippen molar-refractivity contribution in [3.63, 3.8) is 0 Å². The number of aliphatic hydroxyl groups excluding tert-OH is 1. The molecule has 1 heterocycles. The highest BCUT2D eigenvalue weighted by Crippen LogP contribution is 2.27. The summed E-state index contributed by atoms with van der Waals surface area (Å²) in [5, 5.41) is 17.9. The van der Waals surface area contributed by atoms with Crippen molar-refractivity contribution in [1.82, 2.24) is 4.57 Å². The normalized spacial score (nSPS) is 13.3. The molecule has 0 atom stereocenters. The minimum absolute atomic E-state index is 0.00225. The average Bonchev–Trinajstić information content (AvgIpc) is 3.00. The van der Waals surface area contributed by atoms with Gasteiger partial charge in [-0.05, 0) is 36.6 Å². The Balaban J connectivity index is 1.96. The molecule has 136 valence electrons. The van der Waals surface area contributed by atoms with Crippen molar-refractivity contribution < 1.29 is 29.3 Å². The predicted molar refractivity (Wildman–Crippen MR) is 91.6 cm³/mol. The molecule has 7 heteroatoms. The zero-order chi connectivity index (χ0) is 18.7. The number of rotatable bonds is 6. The molecule has 0 saturated heterocycles. The molecule has 3 rings (SSSR count). The molecule has 2 aromatic rings. The first kappa shape index (κ1) is 17.9. The zero-order valence-corrected chi connectivity index (χ0v) is 14.1. The summed E-state index contributed by atoms with van der Waals surface area (Å²) in [4.78, 5) is 35.5. The lowest BCUT2D eigenvalue weighted by Gasteiger charge is -2.16. The standard InChI is InChI=1S/C19H19NO6/c21-8-9-26-19(25)16-10-14-15(2-1-3-17(14)22)20(16)11-12-4-6-13(7-5-12)18(23)24/h4-7,10,21H,1-3,8-9,11H2,(H,23,24). The fraction of sp³-hybridized carbons (Fsp3) is 0.316. The van der Waals surface area contributed by atoms with Gasteiger partial charge in [-0.3, -0.25) is 4.79 Å². The number of carboxylic acid groups (broad SMARTS) is 1. The third-order valence-electron chi connectivity index (χ3n) is 4.40. The van der Waals surface area contributed by atoms with E-state index in [1.54, 1.807) is 22.8 Å². The van der Waals surface area contributed by atoms with E-state index in [-0.39, 0.29) is 30.3 Å². The van der Waals surface area contributed by atoms with E-state index in [1.165, 1.54) is 12.1 Å². The molecular weight excluding hydrogens is 338 g/mol. The number of hydrogen-bond acceptors (Lipinski definition) is 5. The molecule has 26 heavy (non-hydrogen) atoms. The van der Waals surface area contributed by atoms with Crippen LogP contribution in [0.5, 0.6) is 0 Å². The Morgan fingerprint density at radius 2 is 1.88 bits per heavy atom. The van der Waals surface area contributed by atoms with E-state index in [2.05, 4.69) is 0 Å². The predicted octanol–water partition coefficient (Wildman–Crippen LogP) is 1.90. The maximum Gasteiger partial charge on any atom is 0.355 e. The lowest BCUT2D eigenvalue weighted by molar-refractivity contribution is 0.0421. The first-order valence-electron chi connectivity index (χ1n) is 8.37. The van der Waals surface area contributed by atoms with Crippen LogP contribution < -0.4 is 0 Å². The number of ether oxygens (including phenoxy) is 1. The van der Waals surface area contributed by atoms with Gasteiger partial charge in [0.05, 0.1) is 12.2 Å². The van der Waals surface area contributed by atoms with E-state index >= 15 is 0 Å². The fourth-order valence-corrected chi connectivity index (χ4v) is 3.15. The topological polar surface area (TPSA) is 106 Å². The largest absolute Gasteiger partial charge is 0.478 e. The Kier molecular flexibility index (Phi) is 5.18. The van der Waals surface area contributed by atoms with Gasteiger partial charge in [0.25, 0.3) is 0 Å². The highest BCUT2D eigenvalue weighted by Gasteiger charge is 2.27. The van der Waals surface area contributed by atoms with Crippen LogP contribution in [0, 0.1) is 0 Å². The molecule has 0 aliphatic heterocycles. The highest BCUT2D eigenvalue weighted by molar-refractivity contribution is 6.01. The van der Waals surface area contributed by atoms with Crippen LogP contribution in [0.4, 0.5) is 0 Å². The van der Waals surface area contributed by atoms with E-state index in [0.29, 0.717) is 24.9 Å². The second-order valence-corrected chi connectivity index (χ2v) is 6.11. The summed E-state index contributed by atoms with van der Waals surface area (Å²) in [5.74, 6) is -1.60. The molecule has 0 bridgehead atoms. The van der Waals surface area contributed by atoms with Crippen molar-refractivity contribution in [2.45, 2.75) is 25.8 Å². The van der Waals surface area contributed by atoms with Gasteiger partial charge < -0.3 is 19.5 Å². The summed E-state index contributed by atoms with van der Waals surface area (Å²) >= 11 is 0. The van der Waals surface area contributed by atoms with Gasteiger partial charge >= 0.3 is 11.9 Å². The molecule has 0 amide bonds. The number of Topliss-reactive ketones (excluding diaryl/α,β-unsaturated/α-hetero) is 1. The molecule has 0 fully saturated rings. The molecule has 0 saturated carbocycles. The van der Waals surface area contributed by atoms with E-state index in [1.807, 2.05) is 0 Å². The quantitative estimate of drug-likeness (QED) is 0.765. The number of fused-ring (bicyclic) bond motifs is 1. The van der Waals surface area contributed by atoms with Gasteiger partial charge in [0.1, 0.15) is 12.3 Å². The number of aliphatic hydroxyl groups is 1. The maximum absolute atomic E-state index is 12.3. The minimum atomic E-state index is -1.01. The van der Waals surface area contributed by atoms with Crippen molar-refractivity contribution in [2.75, 3.05) is 13.2 Å². The van der Waals surface area contributed by atoms with Gasteiger partial charge in [0.2, 0.25) is 0 Å². The molecule has 0 unspecified atom stereocenters. The van der Waals surface area contributed by atoms with Crippen molar-refractivity contribution >= 4 is 17.7 Å². The van der Waals surface area contributed by atoms with Crippen LogP contribution in [-0.4, -0.2) is 45.7 Å². The van der Waals surface area contributed by atoms with Crippen molar-refractivity contribution in [2.24, 2.45) is 0 Å². The van der Waals surface area contributed by atoms with Crippen LogP contribution in [0.15, 0.2) is 30.3 Å². The number of nitrogens with zero attached hydrogens (tertiary/aromatic N) is 1. The van der Waals surface area contributed by atoms with Crippen molar-refractivity contribution in [3.05, 3.63) is 58.4 Å². The summed E-state index contributed by atoms with van der Waals surface area (Å²) in [5.41, 5.74) is 2.58. The van der Waals surface area contributed by atoms with Gasteiger partial charge in [-0.25, -0.2) is 9.59 Å². The molecule has 1 aromatic heterocycles. The van der Waals surface area contributed by atoms with E-state index in [9.17, 15) is 14.4 Å². The lowest BCUT2D eigenvalue weighted by atomic mass is 9.96. The third-order valence-corrected chi connectivity index (χ3v) is 4.40. The lowest BCUT2D eigenvalue weighted by Crippen LogP contribution is -2.18. The summed E-state index contributed by atoms with van der Waals surface area (Å²) in [7, 11) is 0. The maximum atomic E-state index is 12.3. The van der Waals surface area contributed by atoms with E-state index in [4.69, 9.17) is 14.9 Å². The summed E-state index contributed by atoms with van der Waals surface area (Å²) in [6, 6.07) is 7.93. The number of carboxylic acids is 1. The van der Waals surface area contributed by atoms with Gasteiger partial charge in [0, 0.05) is 24.2 Å². The number of aromatic carboxylic acids is 1. The van der Waals surface area contributed by atoms with Gasteiger partial charge in [0.15, 0.2) is 5.78 Å². The molecular formula is C19H19NO6. The second kappa shape index (κ2) is 7.53. The van der Waals surface area contributed by atoms with Crippen LogP contribution in [0.1, 0.15) is 55.3 Å². The molecule has 1 aliphatic rings. The summed E-state index contributed by atoms with van der Waals surface area (Å²) in [6.07, 6.45) is 1.86. The highest BCUT2D eigenvalue weighted by atomic mass is 16.5. The van der Waals surface area contributed by atoms with Gasteiger partial charge in [-0.15, -0.1) is 0 Å². The summed E-state index contributed by atoms with van der Waals surface area (Å²) < 4.78 is 6.77. The van der Waals surface area contributed by atoms with E-state index in [0.717, 1.165) is 17.7 Å². The molecule has 1 aromatic carbocycles. The monoisotopic (exact) mass is 357 g/mol. The smallest absolute Gasteiger partial charge is 0.355 e. The molecule has 7 nitrogen and oxygen atoms in total. The number of carbonyl (C=O) groups is 3. The molecule has 0 spiro atoms. The second-order valence-electron chi connectivity index (χ2n) is 6.11. The summed E-state index contributed by atoms with van der Waals surface area (Å²) in [6.45, 7) is -0.0657. The minimum Gasteiger partial charge on any atom is -0.478 e. The number of ketones is 1. The van der Waals surface area contributed by atoms with Crippen LogP contribution in [0.25, 0.3) is 0 Å². The van der Waals surface area contributed by atoms with Crippen LogP contribution in [0.3, 0.4) is 0 Å². The number of benzene rings is 1. The number of carbonyl (C=O) groups excluding carboxylic acids is 2. The molecule has 1 aliphatic carbocycles. The number of esters is 1. The fourth-order valence-electron chi connectivity index (χ4n) is 3.15. The van der Waals surface area contributed by atoms with Gasteiger partial charge in [-0.1, -0.05) is 12.1 Å². The molecule has 2 N–H and O–H groups in total. The third kappa shape index (κ3) is 3.52. The number of aromatic nitrogens is 1. The Morgan fingerprint density at radius 1 is 1.15 bits per heavy atom. The molecule has 0 radical (unpaired) electrons. The van der Waals surface area contributed by atoms with Crippen molar-refractivity contribution in [3.8, 4) is 0 Å². The van der Waals surface area contributed by atoms with Crippen molar-refractivity contribution in [1.29, 1.82) is 0 Å². The Bertz CT molecular complexity index is 850. The van der Waals surface area contributed by atoms with Crippen LogP contribution >= 0.6 is 0 Å². The van der Waals surface area contributed by atoms with Gasteiger partial charge in [-0.2, -0.15) is 0 Å². The van der Waals surface area contributed by atoms with E-state index < -0.39 is 11.9 Å². The first-order chi connectivity index (χ1) is 12.5. The van der Waals surface area contributed by atoms with Crippen LogP contribution in [-0.2, 0) is 17.7 Å². The Hall–Kier alpha value is -2.93. The first-order valence-corrected chi connectivity index (χ1v) is 8.37. The SMILES string of the molecule is O=C(O)c1ccc(Cn2c(C(=O)OCCO)cc3c2CCCC3=O)cc1. The Morgan fingerprint density at radius 3 is 2.54 bits per heavy atom. The van der Waals surface area contributed by atoms with Crippen LogP contribution in [0.2, 0.25) is 0 Å². The number of hydrogen-bond donors (Lipinski definition) is 2. The Labute approximate surface area is 149 Å².